The molecule has 0 aliphatic carbocycles. The first-order chi connectivity index (χ1) is 9.12. The average Bonchev–Trinajstić information content (AvgIpc) is 2.85. The molecule has 0 saturated carbocycles. The predicted octanol–water partition coefficient (Wildman–Crippen LogP) is 2.81. The van der Waals surface area contributed by atoms with Crippen LogP contribution < -0.4 is 15.4 Å². The molecule has 2 N–H and O–H groups in total. The quantitative estimate of drug-likeness (QED) is 0.884. The van der Waals surface area contributed by atoms with Crippen LogP contribution in [0.2, 0.25) is 4.34 Å². The van der Waals surface area contributed by atoms with E-state index in [1.54, 1.807) is 7.05 Å². The molecule has 2 heterocycles. The second-order valence-electron chi connectivity index (χ2n) is 3.73. The van der Waals surface area contributed by atoms with Gasteiger partial charge in [0.2, 0.25) is 11.9 Å². The minimum Gasteiger partial charge on any atom is -0.467 e. The molecular weight excluding hydrogens is 286 g/mol. The van der Waals surface area contributed by atoms with Crippen molar-refractivity contribution < 1.29 is 4.74 Å². The third-order valence-electron chi connectivity index (χ3n) is 2.39. The predicted molar refractivity (Wildman–Crippen MR) is 77.3 cm³/mol. The van der Waals surface area contributed by atoms with Gasteiger partial charge in [-0.05, 0) is 19.1 Å². The maximum Gasteiger partial charge on any atom is 0.322 e. The zero-order valence-electron chi connectivity index (χ0n) is 10.8. The van der Waals surface area contributed by atoms with Crippen molar-refractivity contribution in [3.8, 4) is 6.01 Å². The van der Waals surface area contributed by atoms with Crippen LogP contribution in [-0.2, 0) is 0 Å². The van der Waals surface area contributed by atoms with Crippen LogP contribution in [0.1, 0.15) is 17.8 Å². The van der Waals surface area contributed by atoms with Crippen molar-refractivity contribution in [3.63, 3.8) is 0 Å². The molecule has 1 atom stereocenters. The lowest BCUT2D eigenvalue weighted by molar-refractivity contribution is 0.379. The maximum atomic E-state index is 5.92. The third-order valence-corrected chi connectivity index (χ3v) is 3.80. The molecule has 0 amide bonds. The van der Waals surface area contributed by atoms with Crippen molar-refractivity contribution in [1.82, 2.24) is 15.0 Å². The SMILES string of the molecule is CNc1nc(NC(C)c2ccc(Cl)s2)nc(OC)n1. The minimum atomic E-state index is 0.0503. The summed E-state index contributed by atoms with van der Waals surface area (Å²) in [5.74, 6) is 0.902. The van der Waals surface area contributed by atoms with E-state index < -0.39 is 0 Å². The van der Waals surface area contributed by atoms with E-state index in [2.05, 4.69) is 25.6 Å². The minimum absolute atomic E-state index is 0.0503. The van der Waals surface area contributed by atoms with Gasteiger partial charge in [-0.2, -0.15) is 15.0 Å². The van der Waals surface area contributed by atoms with E-state index in [0.717, 1.165) is 9.21 Å². The van der Waals surface area contributed by atoms with E-state index in [-0.39, 0.29) is 12.1 Å². The highest BCUT2D eigenvalue weighted by atomic mass is 35.5. The summed E-state index contributed by atoms with van der Waals surface area (Å²) in [5, 5.41) is 6.05. The highest BCUT2D eigenvalue weighted by Crippen LogP contribution is 2.28. The van der Waals surface area contributed by atoms with Gasteiger partial charge in [0.05, 0.1) is 17.5 Å². The Balaban J connectivity index is 2.18. The molecule has 2 aromatic rings. The number of nitrogens with zero attached hydrogens (tertiary/aromatic N) is 3. The molecule has 0 radical (unpaired) electrons. The summed E-state index contributed by atoms with van der Waals surface area (Å²) in [6.45, 7) is 2.01. The molecule has 1 unspecified atom stereocenters. The molecule has 0 aromatic carbocycles. The summed E-state index contributed by atoms with van der Waals surface area (Å²) in [4.78, 5) is 13.5. The summed E-state index contributed by atoms with van der Waals surface area (Å²) in [7, 11) is 3.25. The van der Waals surface area contributed by atoms with Gasteiger partial charge in [-0.25, -0.2) is 0 Å². The third kappa shape index (κ3) is 3.45. The van der Waals surface area contributed by atoms with Crippen LogP contribution in [0.4, 0.5) is 11.9 Å². The number of anilines is 2. The molecule has 2 aromatic heterocycles. The lowest BCUT2D eigenvalue weighted by Crippen LogP contribution is -2.11. The number of methoxy groups -OCH3 is 1. The summed E-state index contributed by atoms with van der Waals surface area (Å²) in [5.41, 5.74) is 0. The van der Waals surface area contributed by atoms with Crippen LogP contribution in [0.15, 0.2) is 12.1 Å². The molecule has 0 aliphatic heterocycles. The number of ether oxygens (including phenoxy) is 1. The Morgan fingerprint density at radius 3 is 2.58 bits per heavy atom. The van der Waals surface area contributed by atoms with Gasteiger partial charge in [0.1, 0.15) is 0 Å². The van der Waals surface area contributed by atoms with Gasteiger partial charge in [0.25, 0.3) is 0 Å². The van der Waals surface area contributed by atoms with Crippen molar-refractivity contribution in [1.29, 1.82) is 0 Å². The fourth-order valence-corrected chi connectivity index (χ4v) is 2.51. The van der Waals surface area contributed by atoms with Crippen LogP contribution in [0.5, 0.6) is 6.01 Å². The highest BCUT2D eigenvalue weighted by molar-refractivity contribution is 7.16. The number of rotatable bonds is 5. The molecule has 0 fully saturated rings. The molecule has 102 valence electrons. The Kier molecular flexibility index (Phi) is 4.39. The first-order valence-corrected chi connectivity index (χ1v) is 6.81. The zero-order valence-corrected chi connectivity index (χ0v) is 12.3. The van der Waals surface area contributed by atoms with Crippen LogP contribution in [-0.4, -0.2) is 29.1 Å². The smallest absolute Gasteiger partial charge is 0.322 e. The summed E-state index contributed by atoms with van der Waals surface area (Å²) >= 11 is 7.44. The number of aromatic nitrogens is 3. The lowest BCUT2D eigenvalue weighted by atomic mass is 10.3. The van der Waals surface area contributed by atoms with Crippen LogP contribution in [0.3, 0.4) is 0 Å². The van der Waals surface area contributed by atoms with Crippen molar-refractivity contribution in [2.75, 3.05) is 24.8 Å². The topological polar surface area (TPSA) is 72.0 Å². The van der Waals surface area contributed by atoms with E-state index in [1.807, 2.05) is 19.1 Å². The Labute approximate surface area is 120 Å². The Morgan fingerprint density at radius 2 is 2.00 bits per heavy atom. The fraction of sp³-hybridized carbons (Fsp3) is 0.364. The molecule has 0 bridgehead atoms. The first kappa shape index (κ1) is 13.8. The monoisotopic (exact) mass is 299 g/mol. The van der Waals surface area contributed by atoms with Gasteiger partial charge >= 0.3 is 6.01 Å². The van der Waals surface area contributed by atoms with Crippen molar-refractivity contribution >= 4 is 34.8 Å². The number of hydrogen-bond acceptors (Lipinski definition) is 7. The largest absolute Gasteiger partial charge is 0.467 e. The lowest BCUT2D eigenvalue weighted by Gasteiger charge is -2.13. The van der Waals surface area contributed by atoms with Gasteiger partial charge in [-0.3, -0.25) is 0 Å². The second-order valence-corrected chi connectivity index (χ2v) is 5.47. The number of hydrogen-bond donors (Lipinski definition) is 2. The number of halogens is 1. The molecule has 0 aliphatic rings. The van der Waals surface area contributed by atoms with Crippen LogP contribution in [0.25, 0.3) is 0 Å². The molecule has 2 rings (SSSR count). The van der Waals surface area contributed by atoms with Crippen molar-refractivity contribution in [2.45, 2.75) is 13.0 Å². The van der Waals surface area contributed by atoms with E-state index in [9.17, 15) is 0 Å². The Hall–Kier alpha value is -1.60. The number of thiophene rings is 1. The first-order valence-electron chi connectivity index (χ1n) is 5.62. The van der Waals surface area contributed by atoms with E-state index in [4.69, 9.17) is 16.3 Å². The van der Waals surface area contributed by atoms with E-state index in [0.29, 0.717) is 11.9 Å². The summed E-state index contributed by atoms with van der Waals surface area (Å²) < 4.78 is 5.79. The zero-order chi connectivity index (χ0) is 13.8. The molecule has 0 saturated heterocycles. The highest BCUT2D eigenvalue weighted by Gasteiger charge is 2.12. The van der Waals surface area contributed by atoms with E-state index >= 15 is 0 Å². The van der Waals surface area contributed by atoms with Gasteiger partial charge in [0.15, 0.2) is 0 Å². The molecule has 8 heteroatoms. The second kappa shape index (κ2) is 6.03. The van der Waals surface area contributed by atoms with Crippen LogP contribution >= 0.6 is 22.9 Å². The average molecular weight is 300 g/mol. The van der Waals surface area contributed by atoms with Crippen LogP contribution in [0, 0.1) is 0 Å². The standard InChI is InChI=1S/C11H14ClN5OS/c1-6(7-4-5-8(12)19-7)14-10-15-9(13-2)16-11(17-10)18-3/h4-6H,1-3H3,(H2,13,14,15,16,17). The molecular formula is C11H14ClN5OS. The normalized spacial score (nSPS) is 12.0. The van der Waals surface area contributed by atoms with Gasteiger partial charge in [-0.15, -0.1) is 11.3 Å². The summed E-state index contributed by atoms with van der Waals surface area (Å²) in [6, 6.07) is 4.15. The molecule has 6 nitrogen and oxygen atoms in total. The Bertz CT molecular complexity index is 540. The van der Waals surface area contributed by atoms with Gasteiger partial charge in [-0.1, -0.05) is 11.6 Å². The van der Waals surface area contributed by atoms with Crippen molar-refractivity contribution in [3.05, 3.63) is 21.3 Å². The van der Waals surface area contributed by atoms with Crippen molar-refractivity contribution in [2.24, 2.45) is 0 Å². The molecule has 0 spiro atoms. The fourth-order valence-electron chi connectivity index (χ4n) is 1.45. The van der Waals surface area contributed by atoms with Gasteiger partial charge < -0.3 is 15.4 Å². The maximum absolute atomic E-state index is 5.92. The summed E-state index contributed by atoms with van der Waals surface area (Å²) in [6.07, 6.45) is 0. The van der Waals surface area contributed by atoms with Gasteiger partial charge in [0, 0.05) is 11.9 Å². The molecule has 19 heavy (non-hydrogen) atoms. The number of nitrogens with one attached hydrogen (secondary N) is 2. The van der Waals surface area contributed by atoms with E-state index in [1.165, 1.54) is 18.4 Å². The Morgan fingerprint density at radius 1 is 1.26 bits per heavy atom.